The average Bonchev–Trinajstić information content (AvgIpc) is 2.16. The first-order valence-electron chi connectivity index (χ1n) is 5.88. The molecule has 0 spiro atoms. The van der Waals surface area contributed by atoms with Gasteiger partial charge in [0.2, 0.25) is 0 Å². The molecule has 0 aliphatic heterocycles. The lowest BCUT2D eigenvalue weighted by molar-refractivity contribution is -0.112. The van der Waals surface area contributed by atoms with E-state index in [2.05, 4.69) is 26.0 Å². The Bertz CT molecular complexity index is 337. The van der Waals surface area contributed by atoms with Crippen molar-refractivity contribution in [2.24, 2.45) is 17.3 Å². The van der Waals surface area contributed by atoms with Crippen LogP contribution in [0, 0.1) is 17.3 Å². The van der Waals surface area contributed by atoms with Crippen molar-refractivity contribution in [2.45, 2.75) is 40.0 Å². The monoisotopic (exact) mass is 204 g/mol. The van der Waals surface area contributed by atoms with E-state index in [0.29, 0.717) is 5.41 Å². The first kappa shape index (κ1) is 10.7. The molecule has 1 heteroatoms. The minimum Gasteiger partial charge on any atom is -0.295 e. The smallest absolute Gasteiger partial charge is 0.152 e. The second-order valence-corrected chi connectivity index (χ2v) is 5.39. The maximum Gasteiger partial charge on any atom is 0.152 e. The molecule has 0 aromatic heterocycles. The van der Waals surface area contributed by atoms with E-state index in [1.807, 2.05) is 0 Å². The Morgan fingerprint density at radius 1 is 1.67 bits per heavy atom. The van der Waals surface area contributed by atoms with Crippen LogP contribution in [0.25, 0.3) is 0 Å². The van der Waals surface area contributed by atoms with Gasteiger partial charge in [-0.1, -0.05) is 24.6 Å². The molecule has 3 atom stereocenters. The summed E-state index contributed by atoms with van der Waals surface area (Å²) in [6.45, 7) is 6.26. The summed E-state index contributed by atoms with van der Waals surface area (Å²) < 4.78 is 0. The van der Waals surface area contributed by atoms with Crippen molar-refractivity contribution in [3.8, 4) is 0 Å². The largest absolute Gasteiger partial charge is 0.295 e. The summed E-state index contributed by atoms with van der Waals surface area (Å²) in [4.78, 5) is 10.8. The normalized spacial score (nSPS) is 38.7. The summed E-state index contributed by atoms with van der Waals surface area (Å²) >= 11 is 0. The van der Waals surface area contributed by atoms with Gasteiger partial charge in [-0.2, -0.15) is 0 Å². The molecule has 82 valence electrons. The number of hydrogen-bond donors (Lipinski definition) is 0. The lowest BCUT2D eigenvalue weighted by Gasteiger charge is -2.57. The molecule has 3 aliphatic carbocycles. The molecular formula is C14H20O. The molecule has 3 rings (SSSR count). The third kappa shape index (κ3) is 1.68. The van der Waals surface area contributed by atoms with Crippen LogP contribution in [0.2, 0.25) is 0 Å². The summed E-state index contributed by atoms with van der Waals surface area (Å²) in [5, 5.41) is 0. The van der Waals surface area contributed by atoms with Crippen molar-refractivity contribution in [1.29, 1.82) is 0 Å². The number of fused-ring (bicyclic) bond motifs is 1. The summed E-state index contributed by atoms with van der Waals surface area (Å²) in [5.41, 5.74) is 2.00. The van der Waals surface area contributed by atoms with Crippen molar-refractivity contribution in [1.82, 2.24) is 0 Å². The molecule has 0 saturated heterocycles. The zero-order chi connectivity index (χ0) is 11.1. The first-order valence-corrected chi connectivity index (χ1v) is 5.88. The van der Waals surface area contributed by atoms with Crippen LogP contribution < -0.4 is 0 Å². The van der Waals surface area contributed by atoms with Gasteiger partial charge in [0.05, 0.1) is 0 Å². The third-order valence-corrected chi connectivity index (χ3v) is 4.43. The molecule has 15 heavy (non-hydrogen) atoms. The third-order valence-electron chi connectivity index (χ3n) is 4.43. The summed E-state index contributed by atoms with van der Waals surface area (Å²) in [7, 11) is 0. The molecule has 3 unspecified atom stereocenters. The fraction of sp³-hybridized carbons (Fsp3) is 0.643. The number of hydrogen-bond acceptors (Lipinski definition) is 1. The van der Waals surface area contributed by atoms with Gasteiger partial charge in [-0.3, -0.25) is 4.79 Å². The second kappa shape index (κ2) is 3.62. The van der Waals surface area contributed by atoms with Gasteiger partial charge in [-0.25, -0.2) is 0 Å². The molecule has 0 heterocycles. The highest BCUT2D eigenvalue weighted by Gasteiger charge is 2.52. The van der Waals surface area contributed by atoms with E-state index in [1.54, 1.807) is 18.6 Å². The van der Waals surface area contributed by atoms with E-state index < -0.39 is 0 Å². The highest BCUT2D eigenvalue weighted by Crippen LogP contribution is 2.61. The van der Waals surface area contributed by atoms with Crippen LogP contribution in [0.3, 0.4) is 0 Å². The molecule has 1 nitrogen and oxygen atoms in total. The van der Waals surface area contributed by atoms with Crippen LogP contribution >= 0.6 is 0 Å². The molecule has 0 amide bonds. The van der Waals surface area contributed by atoms with Gasteiger partial charge in [0, 0.05) is 0 Å². The number of carbonyl (C=O) groups excluding carboxylic acids is 1. The standard InChI is InChI=1S/C14H20O/c1-10-6-7-12-9-13(10)14(12,3)8-4-5-11(2)15/h4-6,12-13H,7-9H2,1-3H3/b5-4+. The topological polar surface area (TPSA) is 17.1 Å². The van der Waals surface area contributed by atoms with Crippen molar-refractivity contribution in [2.75, 3.05) is 0 Å². The predicted molar refractivity (Wildman–Crippen MR) is 62.5 cm³/mol. The molecule has 1 saturated carbocycles. The Kier molecular flexibility index (Phi) is 2.57. The van der Waals surface area contributed by atoms with Gasteiger partial charge in [-0.15, -0.1) is 0 Å². The van der Waals surface area contributed by atoms with Gasteiger partial charge < -0.3 is 0 Å². The highest BCUT2D eigenvalue weighted by molar-refractivity contribution is 5.87. The minimum atomic E-state index is 0.162. The van der Waals surface area contributed by atoms with Gasteiger partial charge in [0.1, 0.15) is 0 Å². The Morgan fingerprint density at radius 2 is 2.40 bits per heavy atom. The van der Waals surface area contributed by atoms with Gasteiger partial charge in [-0.05, 0) is 56.4 Å². The molecule has 2 bridgehead atoms. The van der Waals surface area contributed by atoms with Crippen LogP contribution in [0.4, 0.5) is 0 Å². The quantitative estimate of drug-likeness (QED) is 0.508. The SMILES string of the molecule is CC(=O)/C=C/CC1(C)C2CC=C(C)C1C2. The van der Waals surface area contributed by atoms with Crippen LogP contribution in [0.5, 0.6) is 0 Å². The molecular weight excluding hydrogens is 184 g/mol. The van der Waals surface area contributed by atoms with Gasteiger partial charge in [0.25, 0.3) is 0 Å². The van der Waals surface area contributed by atoms with Crippen molar-refractivity contribution < 1.29 is 4.79 Å². The van der Waals surface area contributed by atoms with E-state index in [-0.39, 0.29) is 5.78 Å². The van der Waals surface area contributed by atoms with Crippen LogP contribution in [-0.2, 0) is 4.79 Å². The second-order valence-electron chi connectivity index (χ2n) is 5.39. The van der Waals surface area contributed by atoms with Crippen molar-refractivity contribution >= 4 is 5.78 Å². The summed E-state index contributed by atoms with van der Waals surface area (Å²) in [5.74, 6) is 1.78. The highest BCUT2D eigenvalue weighted by atomic mass is 16.1. The fourth-order valence-corrected chi connectivity index (χ4v) is 3.28. The predicted octanol–water partition coefficient (Wildman–Crippen LogP) is 3.51. The van der Waals surface area contributed by atoms with Crippen LogP contribution in [-0.4, -0.2) is 5.78 Å². The maximum absolute atomic E-state index is 10.8. The van der Waals surface area contributed by atoms with E-state index in [4.69, 9.17) is 0 Å². The Balaban J connectivity index is 2.04. The minimum absolute atomic E-state index is 0.162. The van der Waals surface area contributed by atoms with E-state index in [0.717, 1.165) is 18.3 Å². The number of ketones is 1. The Labute approximate surface area is 92.3 Å². The van der Waals surface area contributed by atoms with Crippen molar-refractivity contribution in [3.63, 3.8) is 0 Å². The fourth-order valence-electron chi connectivity index (χ4n) is 3.28. The van der Waals surface area contributed by atoms with E-state index in [1.165, 1.54) is 12.8 Å². The van der Waals surface area contributed by atoms with Crippen molar-refractivity contribution in [3.05, 3.63) is 23.8 Å². The Morgan fingerprint density at radius 3 is 2.93 bits per heavy atom. The van der Waals surface area contributed by atoms with Crippen LogP contribution in [0.1, 0.15) is 40.0 Å². The zero-order valence-corrected chi connectivity index (χ0v) is 9.92. The molecule has 0 aromatic carbocycles. The lowest BCUT2D eigenvalue weighted by atomic mass is 9.47. The molecule has 0 aromatic rings. The van der Waals surface area contributed by atoms with Crippen LogP contribution in [0.15, 0.2) is 23.8 Å². The van der Waals surface area contributed by atoms with Gasteiger partial charge in [0.15, 0.2) is 5.78 Å². The number of allylic oxidation sites excluding steroid dienone is 4. The lowest BCUT2D eigenvalue weighted by Crippen LogP contribution is -2.49. The summed E-state index contributed by atoms with van der Waals surface area (Å²) in [6.07, 6.45) is 9.86. The Hall–Kier alpha value is -0.850. The molecule has 3 aliphatic rings. The zero-order valence-electron chi connectivity index (χ0n) is 9.92. The molecule has 0 radical (unpaired) electrons. The maximum atomic E-state index is 10.8. The molecule has 0 N–H and O–H groups in total. The number of carbonyl (C=O) groups is 1. The number of rotatable bonds is 3. The summed E-state index contributed by atoms with van der Waals surface area (Å²) in [6, 6.07) is 0. The average molecular weight is 204 g/mol. The first-order chi connectivity index (χ1) is 7.04. The van der Waals surface area contributed by atoms with E-state index >= 15 is 0 Å². The molecule has 1 fully saturated rings. The van der Waals surface area contributed by atoms with Gasteiger partial charge >= 0.3 is 0 Å². The van der Waals surface area contributed by atoms with E-state index in [9.17, 15) is 4.79 Å².